The van der Waals surface area contributed by atoms with E-state index >= 15 is 0 Å². The number of carboxylic acid groups (broad SMARTS) is 1. The molecule has 132 valence electrons. The van der Waals surface area contributed by atoms with Crippen molar-refractivity contribution in [2.45, 2.75) is 13.8 Å². The number of nitrogens with one attached hydrogen (secondary N) is 1. The number of hydrogen-bond acceptors (Lipinski definition) is 4. The van der Waals surface area contributed by atoms with Crippen LogP contribution in [-0.4, -0.2) is 27.7 Å². The van der Waals surface area contributed by atoms with Crippen LogP contribution in [0.15, 0.2) is 54.2 Å². The molecule has 3 rings (SSSR count). The molecular formula is C21H20N2O3. The molecule has 0 fully saturated rings. The van der Waals surface area contributed by atoms with Crippen molar-refractivity contribution in [3.8, 4) is 5.75 Å². The number of phenols is 1. The second-order valence-corrected chi connectivity index (χ2v) is 6.32. The lowest BCUT2D eigenvalue weighted by Crippen LogP contribution is -2.03. The van der Waals surface area contributed by atoms with Crippen molar-refractivity contribution in [1.82, 2.24) is 4.98 Å². The van der Waals surface area contributed by atoms with Gasteiger partial charge >= 0.3 is 5.97 Å². The number of anilines is 1. The Kier molecular flexibility index (Phi) is 4.89. The number of rotatable bonds is 5. The minimum absolute atomic E-state index is 0.215. The molecule has 0 saturated carbocycles. The van der Waals surface area contributed by atoms with Crippen LogP contribution in [0, 0.1) is 6.92 Å². The molecule has 0 atom stereocenters. The van der Waals surface area contributed by atoms with Crippen LogP contribution in [0.2, 0.25) is 0 Å². The lowest BCUT2D eigenvalue weighted by Gasteiger charge is -2.08. The van der Waals surface area contributed by atoms with Gasteiger partial charge in [-0.05, 0) is 55.3 Å². The number of nitrogens with zero attached hydrogens (tertiary/aromatic N) is 1. The van der Waals surface area contributed by atoms with E-state index in [1.165, 1.54) is 0 Å². The lowest BCUT2D eigenvalue weighted by atomic mass is 10.0. The largest absolute Gasteiger partial charge is 0.508 e. The Labute approximate surface area is 151 Å². The van der Waals surface area contributed by atoms with Gasteiger partial charge in [-0.2, -0.15) is 0 Å². The van der Waals surface area contributed by atoms with Crippen LogP contribution < -0.4 is 5.32 Å². The smallest absolute Gasteiger partial charge is 0.335 e. The molecule has 1 heterocycles. The number of aromatic carboxylic acids is 1. The molecule has 5 heteroatoms. The molecule has 0 spiro atoms. The van der Waals surface area contributed by atoms with Crippen molar-refractivity contribution in [2.75, 3.05) is 11.9 Å². The molecule has 1 aromatic heterocycles. The van der Waals surface area contributed by atoms with Gasteiger partial charge in [-0.1, -0.05) is 23.8 Å². The predicted molar refractivity (Wildman–Crippen MR) is 104 cm³/mol. The number of carbonyl (C=O) groups is 1. The Morgan fingerprint density at radius 3 is 2.73 bits per heavy atom. The Hall–Kier alpha value is -3.34. The van der Waals surface area contributed by atoms with E-state index < -0.39 is 5.97 Å². The molecule has 0 radical (unpaired) electrons. The summed E-state index contributed by atoms with van der Waals surface area (Å²) in [5.74, 6) is -0.695. The van der Waals surface area contributed by atoms with Crippen LogP contribution in [0.1, 0.15) is 28.4 Å². The number of aromatic hydroxyl groups is 1. The van der Waals surface area contributed by atoms with Crippen molar-refractivity contribution >= 4 is 28.6 Å². The number of phenolic OH excluding ortho intramolecular Hbond substituents is 1. The van der Waals surface area contributed by atoms with Crippen LogP contribution in [0.25, 0.3) is 17.0 Å². The summed E-state index contributed by atoms with van der Waals surface area (Å²) in [5.41, 5.74) is 4.83. The van der Waals surface area contributed by atoms with Gasteiger partial charge in [-0.3, -0.25) is 4.98 Å². The standard InChI is InChI=1S/C21H20N2O3/c1-13(7-15-3-5-19(21(25)26)14(2)8-15)11-22-17-9-16-10-18(24)4-6-20(16)23-12-17/h3-10,12,22,24H,11H2,1-2H3,(H,25,26)/b13-7+. The molecule has 0 saturated heterocycles. The number of carboxylic acids is 1. The number of aryl methyl sites for hydroxylation is 1. The highest BCUT2D eigenvalue weighted by Crippen LogP contribution is 2.21. The van der Waals surface area contributed by atoms with Crippen LogP contribution in [0.5, 0.6) is 5.75 Å². The highest BCUT2D eigenvalue weighted by atomic mass is 16.4. The monoisotopic (exact) mass is 348 g/mol. The summed E-state index contributed by atoms with van der Waals surface area (Å²) in [5, 5.41) is 22.9. The van der Waals surface area contributed by atoms with Crippen molar-refractivity contribution in [3.63, 3.8) is 0 Å². The van der Waals surface area contributed by atoms with Gasteiger partial charge in [-0.15, -0.1) is 0 Å². The van der Waals surface area contributed by atoms with Gasteiger partial charge in [0.2, 0.25) is 0 Å². The Bertz CT molecular complexity index is 1010. The average Bonchev–Trinajstić information content (AvgIpc) is 2.59. The number of benzene rings is 2. The van der Waals surface area contributed by atoms with Gasteiger partial charge in [0, 0.05) is 11.9 Å². The molecule has 2 aromatic carbocycles. The lowest BCUT2D eigenvalue weighted by molar-refractivity contribution is 0.0696. The second kappa shape index (κ2) is 7.27. The number of aromatic nitrogens is 1. The third-order valence-electron chi connectivity index (χ3n) is 4.13. The fourth-order valence-electron chi connectivity index (χ4n) is 2.81. The fourth-order valence-corrected chi connectivity index (χ4v) is 2.81. The highest BCUT2D eigenvalue weighted by Gasteiger charge is 2.06. The topological polar surface area (TPSA) is 82.5 Å². The van der Waals surface area contributed by atoms with Crippen LogP contribution >= 0.6 is 0 Å². The normalized spacial score (nSPS) is 11.5. The first-order valence-corrected chi connectivity index (χ1v) is 8.26. The zero-order valence-corrected chi connectivity index (χ0v) is 14.7. The second-order valence-electron chi connectivity index (χ2n) is 6.32. The van der Waals surface area contributed by atoms with E-state index in [0.717, 1.165) is 33.3 Å². The fraction of sp³-hybridized carbons (Fsp3) is 0.143. The first-order chi connectivity index (χ1) is 12.4. The van der Waals surface area contributed by atoms with E-state index in [0.29, 0.717) is 12.1 Å². The minimum atomic E-state index is -0.911. The number of fused-ring (bicyclic) bond motifs is 1. The van der Waals surface area contributed by atoms with Gasteiger partial charge in [0.05, 0.1) is 23.0 Å². The van der Waals surface area contributed by atoms with Gasteiger partial charge in [0.15, 0.2) is 0 Å². The van der Waals surface area contributed by atoms with Gasteiger partial charge < -0.3 is 15.5 Å². The molecular weight excluding hydrogens is 328 g/mol. The van der Waals surface area contributed by atoms with Crippen molar-refractivity contribution < 1.29 is 15.0 Å². The summed E-state index contributed by atoms with van der Waals surface area (Å²) in [6, 6.07) is 12.3. The van der Waals surface area contributed by atoms with Gasteiger partial charge in [0.25, 0.3) is 0 Å². The summed E-state index contributed by atoms with van der Waals surface area (Å²) < 4.78 is 0. The first kappa shape index (κ1) is 17.5. The van der Waals surface area contributed by atoms with Crippen molar-refractivity contribution in [1.29, 1.82) is 0 Å². The summed E-state index contributed by atoms with van der Waals surface area (Å²) in [6.45, 7) is 4.43. The maximum atomic E-state index is 11.1. The predicted octanol–water partition coefficient (Wildman–Crippen LogP) is 4.46. The average molecular weight is 348 g/mol. The quantitative estimate of drug-likeness (QED) is 0.634. The molecule has 0 aliphatic rings. The van der Waals surface area contributed by atoms with Crippen LogP contribution in [0.3, 0.4) is 0 Å². The molecule has 0 aliphatic carbocycles. The van der Waals surface area contributed by atoms with E-state index in [-0.39, 0.29) is 5.75 Å². The van der Waals surface area contributed by atoms with E-state index in [4.69, 9.17) is 5.11 Å². The molecule has 0 amide bonds. The number of hydrogen-bond donors (Lipinski definition) is 3. The first-order valence-electron chi connectivity index (χ1n) is 8.26. The molecule has 5 nitrogen and oxygen atoms in total. The van der Waals surface area contributed by atoms with Crippen molar-refractivity contribution in [3.05, 3.63) is 70.9 Å². The maximum Gasteiger partial charge on any atom is 0.335 e. The highest BCUT2D eigenvalue weighted by molar-refractivity contribution is 5.89. The summed E-state index contributed by atoms with van der Waals surface area (Å²) in [7, 11) is 0. The molecule has 0 bridgehead atoms. The van der Waals surface area contributed by atoms with E-state index in [9.17, 15) is 9.90 Å². The van der Waals surface area contributed by atoms with Crippen LogP contribution in [0.4, 0.5) is 5.69 Å². The van der Waals surface area contributed by atoms with E-state index in [1.807, 2.05) is 25.1 Å². The van der Waals surface area contributed by atoms with E-state index in [2.05, 4.69) is 10.3 Å². The minimum Gasteiger partial charge on any atom is -0.508 e. The van der Waals surface area contributed by atoms with Gasteiger partial charge in [-0.25, -0.2) is 4.79 Å². The molecule has 26 heavy (non-hydrogen) atoms. The summed E-state index contributed by atoms with van der Waals surface area (Å²) >= 11 is 0. The summed E-state index contributed by atoms with van der Waals surface area (Å²) in [4.78, 5) is 15.5. The number of pyridine rings is 1. The zero-order valence-electron chi connectivity index (χ0n) is 14.7. The van der Waals surface area contributed by atoms with E-state index in [1.54, 1.807) is 43.5 Å². The molecule has 0 aliphatic heterocycles. The Balaban J connectivity index is 1.72. The van der Waals surface area contributed by atoms with Crippen molar-refractivity contribution in [2.24, 2.45) is 0 Å². The third kappa shape index (κ3) is 4.00. The maximum absolute atomic E-state index is 11.1. The molecule has 0 unspecified atom stereocenters. The molecule has 3 aromatic rings. The zero-order chi connectivity index (χ0) is 18.7. The third-order valence-corrected chi connectivity index (χ3v) is 4.13. The Morgan fingerprint density at radius 2 is 2.00 bits per heavy atom. The summed E-state index contributed by atoms with van der Waals surface area (Å²) in [6.07, 6.45) is 3.78. The molecule has 3 N–H and O–H groups in total. The van der Waals surface area contributed by atoms with Gasteiger partial charge in [0.1, 0.15) is 5.75 Å². The van der Waals surface area contributed by atoms with Crippen LogP contribution in [-0.2, 0) is 0 Å². The SMILES string of the molecule is C/C(=C\c1ccc(C(=O)O)c(C)c1)CNc1cnc2ccc(O)cc2c1. The Morgan fingerprint density at radius 1 is 1.19 bits per heavy atom.